The topological polar surface area (TPSA) is 96.6 Å². The van der Waals surface area contributed by atoms with Crippen LogP contribution in [0.2, 0.25) is 5.02 Å². The fourth-order valence-corrected chi connectivity index (χ4v) is 4.60. The minimum atomic E-state index is -0.0610. The number of hydrogen-bond acceptors (Lipinski definition) is 4. The second-order valence-corrected chi connectivity index (χ2v) is 9.11. The zero-order valence-electron chi connectivity index (χ0n) is 19.6. The van der Waals surface area contributed by atoms with Crippen LogP contribution in [0.4, 0.5) is 0 Å². The number of halogens is 1. The summed E-state index contributed by atoms with van der Waals surface area (Å²) in [6.07, 6.45) is 4.03. The van der Waals surface area contributed by atoms with Crippen LogP contribution >= 0.6 is 11.6 Å². The Bertz CT molecular complexity index is 1770. The summed E-state index contributed by atoms with van der Waals surface area (Å²) in [7, 11) is 3.44. The molecule has 0 aliphatic heterocycles. The zero-order valence-corrected chi connectivity index (χ0v) is 20.4. The molecule has 0 saturated carbocycles. The number of nitrogens with one attached hydrogen (secondary N) is 1. The number of nitriles is 2. The molecule has 0 aliphatic rings. The molecule has 1 amide bonds. The number of carbonyl (C=O) groups is 1. The first-order valence-electron chi connectivity index (χ1n) is 11.3. The van der Waals surface area contributed by atoms with Crippen molar-refractivity contribution in [2.45, 2.75) is 6.42 Å². The van der Waals surface area contributed by atoms with Crippen LogP contribution in [-0.4, -0.2) is 34.9 Å². The molecule has 0 saturated heterocycles. The van der Waals surface area contributed by atoms with Gasteiger partial charge in [0.05, 0.1) is 39.9 Å². The van der Waals surface area contributed by atoms with Crippen LogP contribution in [0.15, 0.2) is 66.7 Å². The van der Waals surface area contributed by atoms with Crippen LogP contribution in [-0.2, 0) is 11.2 Å². The van der Waals surface area contributed by atoms with Gasteiger partial charge in [-0.05, 0) is 53.1 Å². The quantitative estimate of drug-likeness (QED) is 0.243. The van der Waals surface area contributed by atoms with E-state index in [0.29, 0.717) is 34.0 Å². The van der Waals surface area contributed by atoms with Gasteiger partial charge in [-0.1, -0.05) is 48.0 Å². The van der Waals surface area contributed by atoms with Gasteiger partial charge in [-0.3, -0.25) is 4.79 Å². The van der Waals surface area contributed by atoms with Gasteiger partial charge >= 0.3 is 0 Å². The van der Waals surface area contributed by atoms with Gasteiger partial charge < -0.3 is 9.88 Å². The number of hydrogen-bond donors (Lipinski definition) is 1. The van der Waals surface area contributed by atoms with Crippen LogP contribution in [0.1, 0.15) is 16.7 Å². The number of amides is 1. The Labute approximate surface area is 212 Å². The number of likely N-dealkylation sites (N-methyl/N-ethyl adjacent to an activating group) is 1. The molecule has 4 aromatic carbocycles. The van der Waals surface area contributed by atoms with E-state index in [2.05, 4.69) is 23.2 Å². The number of aromatic amines is 1. The van der Waals surface area contributed by atoms with Crippen molar-refractivity contribution in [2.24, 2.45) is 0 Å². The van der Waals surface area contributed by atoms with Crippen LogP contribution in [0.25, 0.3) is 44.0 Å². The van der Waals surface area contributed by atoms with E-state index in [1.807, 2.05) is 36.4 Å². The summed E-state index contributed by atoms with van der Waals surface area (Å²) in [6, 6.07) is 21.2. The van der Waals surface area contributed by atoms with Gasteiger partial charge in [-0.25, -0.2) is 4.98 Å². The summed E-state index contributed by atoms with van der Waals surface area (Å²) in [6.45, 7) is 0. The first kappa shape index (κ1) is 23.1. The summed E-state index contributed by atoms with van der Waals surface area (Å²) in [5.74, 6) is 0.408. The number of nitrogens with zero attached hydrogens (tertiary/aromatic N) is 4. The van der Waals surface area contributed by atoms with Gasteiger partial charge in [0.25, 0.3) is 0 Å². The van der Waals surface area contributed by atoms with E-state index < -0.39 is 0 Å². The predicted molar refractivity (Wildman–Crippen MR) is 143 cm³/mol. The Balaban J connectivity index is 1.75. The first-order valence-corrected chi connectivity index (χ1v) is 11.6. The number of allylic oxidation sites excluding steroid dienone is 1. The average Bonchev–Trinajstić information content (AvgIpc) is 3.33. The van der Waals surface area contributed by atoms with Crippen molar-refractivity contribution in [3.05, 3.63) is 88.5 Å². The van der Waals surface area contributed by atoms with Gasteiger partial charge in [0, 0.05) is 29.9 Å². The highest BCUT2D eigenvalue weighted by molar-refractivity contribution is 6.33. The summed E-state index contributed by atoms with van der Waals surface area (Å²) < 4.78 is 0. The Hall–Kier alpha value is -4.65. The number of imidazole rings is 1. The molecule has 1 N–H and O–H groups in total. The van der Waals surface area contributed by atoms with Gasteiger partial charge in [0.1, 0.15) is 5.82 Å². The monoisotopic (exact) mass is 489 g/mol. The highest BCUT2D eigenvalue weighted by Gasteiger charge is 2.18. The third kappa shape index (κ3) is 3.94. The third-order valence-corrected chi connectivity index (χ3v) is 6.42. The molecule has 0 fully saturated rings. The number of fused-ring (bicyclic) bond motifs is 6. The van der Waals surface area contributed by atoms with Crippen molar-refractivity contribution in [1.29, 1.82) is 10.5 Å². The maximum Gasteiger partial charge on any atom is 0.245 e. The number of carbonyl (C=O) groups excluding carboxylic acids is 1. The first-order chi connectivity index (χ1) is 17.4. The number of H-pyrrole nitrogens is 1. The van der Waals surface area contributed by atoms with E-state index in [4.69, 9.17) is 16.6 Å². The molecule has 5 rings (SSSR count). The number of rotatable bonds is 4. The smallest absolute Gasteiger partial charge is 0.245 e. The van der Waals surface area contributed by atoms with Crippen molar-refractivity contribution in [2.75, 3.05) is 14.1 Å². The normalized spacial score (nSPS) is 11.2. The van der Waals surface area contributed by atoms with E-state index in [1.165, 1.54) is 4.90 Å². The number of aromatic nitrogens is 2. The molecule has 0 radical (unpaired) electrons. The highest BCUT2D eigenvalue weighted by atomic mass is 35.5. The molecular formula is C29H20ClN5O. The Morgan fingerprint density at radius 2 is 1.69 bits per heavy atom. The van der Waals surface area contributed by atoms with Gasteiger partial charge in [0.2, 0.25) is 5.91 Å². The lowest BCUT2D eigenvalue weighted by atomic mass is 9.97. The fourth-order valence-electron chi connectivity index (χ4n) is 4.43. The van der Waals surface area contributed by atoms with E-state index in [-0.39, 0.29) is 5.91 Å². The second kappa shape index (κ2) is 9.19. The Kier molecular flexibility index (Phi) is 5.90. The van der Waals surface area contributed by atoms with Crippen molar-refractivity contribution >= 4 is 50.1 Å². The Morgan fingerprint density at radius 1 is 1.00 bits per heavy atom. The summed E-state index contributed by atoms with van der Waals surface area (Å²) in [5, 5.41) is 23.8. The molecule has 0 spiro atoms. The van der Waals surface area contributed by atoms with Crippen molar-refractivity contribution in [1.82, 2.24) is 14.9 Å². The lowest BCUT2D eigenvalue weighted by Crippen LogP contribution is -2.18. The summed E-state index contributed by atoms with van der Waals surface area (Å²) in [4.78, 5) is 21.7. The predicted octanol–water partition coefficient (Wildman–Crippen LogP) is 6.12. The molecule has 174 valence electrons. The number of benzene rings is 4. The fraction of sp³-hybridized carbons (Fsp3) is 0.103. The largest absolute Gasteiger partial charge is 0.345 e. The van der Waals surface area contributed by atoms with Crippen molar-refractivity contribution in [3.8, 4) is 23.5 Å². The van der Waals surface area contributed by atoms with Crippen LogP contribution < -0.4 is 0 Å². The lowest BCUT2D eigenvalue weighted by Gasteiger charge is -2.09. The molecule has 0 bridgehead atoms. The molecule has 0 unspecified atom stereocenters. The van der Waals surface area contributed by atoms with Gasteiger partial charge in [-0.2, -0.15) is 10.5 Å². The molecular weight excluding hydrogens is 470 g/mol. The maximum absolute atomic E-state index is 11.9. The lowest BCUT2D eigenvalue weighted by molar-refractivity contribution is -0.123. The van der Waals surface area contributed by atoms with Crippen LogP contribution in [0.3, 0.4) is 0 Å². The zero-order chi connectivity index (χ0) is 25.4. The average molecular weight is 490 g/mol. The summed E-state index contributed by atoms with van der Waals surface area (Å²) >= 11 is 6.38. The van der Waals surface area contributed by atoms with E-state index in [9.17, 15) is 15.3 Å². The molecule has 7 heteroatoms. The highest BCUT2D eigenvalue weighted by Crippen LogP contribution is 2.38. The SMILES string of the molecule is CN(C)C(=O)/C=C/Cc1ccc2c(c1)c1cc(Cl)ccc1c1nc(-c3c(C#N)cccc3C#N)[nH]c21. The van der Waals surface area contributed by atoms with Gasteiger partial charge in [-0.15, -0.1) is 0 Å². The van der Waals surface area contributed by atoms with Gasteiger partial charge in [0.15, 0.2) is 0 Å². The molecule has 6 nitrogen and oxygen atoms in total. The molecule has 1 heterocycles. The molecule has 0 aliphatic carbocycles. The molecule has 1 aromatic heterocycles. The second-order valence-electron chi connectivity index (χ2n) is 8.67. The van der Waals surface area contributed by atoms with Crippen LogP contribution in [0.5, 0.6) is 0 Å². The van der Waals surface area contributed by atoms with Crippen molar-refractivity contribution in [3.63, 3.8) is 0 Å². The van der Waals surface area contributed by atoms with E-state index >= 15 is 0 Å². The van der Waals surface area contributed by atoms with E-state index in [1.54, 1.807) is 38.4 Å². The Morgan fingerprint density at radius 3 is 2.39 bits per heavy atom. The third-order valence-electron chi connectivity index (χ3n) is 6.18. The van der Waals surface area contributed by atoms with E-state index in [0.717, 1.165) is 38.1 Å². The maximum atomic E-state index is 11.9. The van der Waals surface area contributed by atoms with Crippen LogP contribution in [0, 0.1) is 22.7 Å². The standard InChI is InChI=1S/C29H20ClN5O/c1-35(2)25(36)8-3-5-17-9-11-21-23(13-17)24-14-20(30)10-12-22(24)28-27(21)33-29(34-28)26-18(15-31)6-4-7-19(26)16-32/h3-4,6-14H,5H2,1-2H3,(H,33,34)/b8-3+. The minimum Gasteiger partial charge on any atom is -0.345 e. The summed E-state index contributed by atoms with van der Waals surface area (Å²) in [5.41, 5.74) is 3.85. The molecule has 36 heavy (non-hydrogen) atoms. The minimum absolute atomic E-state index is 0.0610. The molecule has 0 atom stereocenters. The molecule has 5 aromatic rings. The van der Waals surface area contributed by atoms with Crippen molar-refractivity contribution < 1.29 is 4.79 Å².